The van der Waals surface area contributed by atoms with Crippen LogP contribution in [0.15, 0.2) is 146 Å². The summed E-state index contributed by atoms with van der Waals surface area (Å²) >= 11 is 0. The zero-order chi connectivity index (χ0) is 57.3. The van der Waals surface area contributed by atoms with E-state index >= 15 is 8.78 Å². The van der Waals surface area contributed by atoms with Crippen LogP contribution in [-0.2, 0) is 4.74 Å². The summed E-state index contributed by atoms with van der Waals surface area (Å²) < 4.78 is 61.7. The number of rotatable bonds is 40. The maximum Gasteiger partial charge on any atom is 0.343 e. The number of carbonyl (C=O) groups is 2. The van der Waals surface area contributed by atoms with Crippen molar-refractivity contribution < 1.29 is 42.1 Å². The van der Waals surface area contributed by atoms with E-state index in [1.807, 2.05) is 111 Å². The lowest BCUT2D eigenvalue weighted by Gasteiger charge is -2.23. The molecule has 0 aliphatic rings. The van der Waals surface area contributed by atoms with E-state index < -0.39 is 24.3 Å². The predicted octanol–water partition coefficient (Wildman–Crippen LogP) is 20.4. The van der Waals surface area contributed by atoms with Gasteiger partial charge in [-0.05, 0) is 109 Å². The molecule has 9 heteroatoms. The van der Waals surface area contributed by atoms with Crippen molar-refractivity contribution in [1.29, 1.82) is 0 Å². The molecule has 6 rings (SSSR count). The molecule has 4 atom stereocenters. The van der Waals surface area contributed by atoms with Gasteiger partial charge in [-0.25, -0.2) is 18.4 Å². The summed E-state index contributed by atoms with van der Waals surface area (Å²) in [6.45, 7) is 10.2. The fraction of sp³-hybridized carbons (Fsp3) is 0.472. The molecule has 2 unspecified atom stereocenters. The van der Waals surface area contributed by atoms with Gasteiger partial charge in [-0.15, -0.1) is 0 Å². The summed E-state index contributed by atoms with van der Waals surface area (Å²) in [5, 5.41) is 0. The molecule has 0 bridgehead atoms. The quantitative estimate of drug-likeness (QED) is 0.0215. The molecule has 0 aliphatic carbocycles. The Balaban J connectivity index is 0.905. The van der Waals surface area contributed by atoms with E-state index in [1.165, 1.54) is 89.9 Å². The topological polar surface area (TPSA) is 80.3 Å². The van der Waals surface area contributed by atoms with Crippen LogP contribution in [0, 0.1) is 0 Å². The second-order valence-electron chi connectivity index (χ2n) is 21.7. The van der Waals surface area contributed by atoms with Gasteiger partial charge in [0, 0.05) is 49.0 Å². The SMILES string of the molecule is CCCCCCCCCCOc1ccccc1-c1ccc(C(=O)Oc2ccc(C(CCC)[C@H](F)CCOCC[C@@H](F)C(CCC)c3ccc(OC(=O)c4ccc(-c5ccccc5OCCCCCCCCCC)cc4)cc3)cc2)cc1. The Morgan fingerprint density at radius 1 is 0.370 bits per heavy atom. The van der Waals surface area contributed by atoms with Crippen LogP contribution in [0.25, 0.3) is 22.3 Å². The Hall–Kier alpha value is -6.32. The van der Waals surface area contributed by atoms with Gasteiger partial charge in [0.25, 0.3) is 0 Å². The number of hydrogen-bond donors (Lipinski definition) is 0. The lowest BCUT2D eigenvalue weighted by molar-refractivity contribution is 0.0725. The van der Waals surface area contributed by atoms with Crippen molar-refractivity contribution >= 4 is 11.9 Å². The van der Waals surface area contributed by atoms with E-state index in [0.717, 1.165) is 70.6 Å². The summed E-state index contributed by atoms with van der Waals surface area (Å²) in [5.41, 5.74) is 6.36. The maximum atomic E-state index is 15.9. The molecule has 0 N–H and O–H groups in total. The fourth-order valence-corrected chi connectivity index (χ4v) is 10.6. The molecule has 0 amide bonds. The molecule has 7 nitrogen and oxygen atoms in total. The van der Waals surface area contributed by atoms with Crippen molar-refractivity contribution in [3.05, 3.63) is 168 Å². The second kappa shape index (κ2) is 36.9. The number of ether oxygens (including phenoxy) is 5. The number of carbonyl (C=O) groups excluding carboxylic acids is 2. The van der Waals surface area contributed by atoms with E-state index in [1.54, 1.807) is 48.5 Å². The highest BCUT2D eigenvalue weighted by Gasteiger charge is 2.25. The molecular weight excluding hydrogens is 1010 g/mol. The van der Waals surface area contributed by atoms with Crippen LogP contribution >= 0.6 is 0 Å². The Labute approximate surface area is 484 Å². The molecule has 0 aliphatic heterocycles. The minimum atomic E-state index is -1.17. The van der Waals surface area contributed by atoms with E-state index in [-0.39, 0.29) is 37.9 Å². The first-order valence-electron chi connectivity index (χ1n) is 30.9. The van der Waals surface area contributed by atoms with Crippen LogP contribution in [0.3, 0.4) is 0 Å². The van der Waals surface area contributed by atoms with Crippen molar-refractivity contribution in [2.75, 3.05) is 26.4 Å². The number of benzene rings is 6. The third kappa shape index (κ3) is 21.8. The number of hydrogen-bond acceptors (Lipinski definition) is 7. The maximum absolute atomic E-state index is 15.9. The van der Waals surface area contributed by atoms with E-state index in [0.29, 0.717) is 48.7 Å². The van der Waals surface area contributed by atoms with Gasteiger partial charge >= 0.3 is 11.9 Å². The Kier molecular flexibility index (Phi) is 29.1. The van der Waals surface area contributed by atoms with Crippen LogP contribution in [0.2, 0.25) is 0 Å². The predicted molar refractivity (Wildman–Crippen MR) is 328 cm³/mol. The van der Waals surface area contributed by atoms with Crippen LogP contribution in [0.1, 0.15) is 213 Å². The first-order chi connectivity index (χ1) is 39.7. The highest BCUT2D eigenvalue weighted by Crippen LogP contribution is 2.35. The van der Waals surface area contributed by atoms with E-state index in [2.05, 4.69) is 13.8 Å². The zero-order valence-corrected chi connectivity index (χ0v) is 49.2. The zero-order valence-electron chi connectivity index (χ0n) is 49.2. The lowest BCUT2D eigenvalue weighted by Crippen LogP contribution is -2.19. The molecule has 0 spiro atoms. The fourth-order valence-electron chi connectivity index (χ4n) is 10.6. The van der Waals surface area contributed by atoms with Gasteiger partial charge in [0.2, 0.25) is 0 Å². The number of esters is 2. The minimum Gasteiger partial charge on any atom is -0.493 e. The average molecular weight is 1110 g/mol. The summed E-state index contributed by atoms with van der Waals surface area (Å²) in [7, 11) is 0. The van der Waals surface area contributed by atoms with Crippen molar-refractivity contribution in [1.82, 2.24) is 0 Å². The first-order valence-corrected chi connectivity index (χ1v) is 30.9. The third-order valence-corrected chi connectivity index (χ3v) is 15.3. The molecule has 6 aromatic rings. The number of para-hydroxylation sites is 2. The van der Waals surface area contributed by atoms with Crippen LogP contribution in [-0.4, -0.2) is 50.7 Å². The smallest absolute Gasteiger partial charge is 0.343 e. The highest BCUT2D eigenvalue weighted by atomic mass is 19.1. The van der Waals surface area contributed by atoms with Gasteiger partial charge in [-0.3, -0.25) is 0 Å². The molecule has 436 valence electrons. The average Bonchev–Trinajstić information content (AvgIpc) is 3.51. The first kappa shape index (κ1) is 63.9. The van der Waals surface area contributed by atoms with E-state index in [9.17, 15) is 9.59 Å². The number of halogens is 2. The van der Waals surface area contributed by atoms with Crippen molar-refractivity contribution in [2.24, 2.45) is 0 Å². The molecule has 0 saturated carbocycles. The number of alkyl halides is 2. The van der Waals surface area contributed by atoms with Crippen molar-refractivity contribution in [3.63, 3.8) is 0 Å². The Morgan fingerprint density at radius 3 is 1.07 bits per heavy atom. The van der Waals surface area contributed by atoms with E-state index in [4.69, 9.17) is 23.7 Å². The molecule has 6 aromatic carbocycles. The largest absolute Gasteiger partial charge is 0.493 e. The van der Waals surface area contributed by atoms with Gasteiger partial charge in [-0.1, -0.05) is 215 Å². The summed E-state index contributed by atoms with van der Waals surface area (Å²) in [6, 6.07) is 44.9. The minimum absolute atomic E-state index is 0.169. The summed E-state index contributed by atoms with van der Waals surface area (Å²) in [5.74, 6) is 0.749. The van der Waals surface area contributed by atoms with Gasteiger partial charge in [0.15, 0.2) is 0 Å². The lowest BCUT2D eigenvalue weighted by atomic mass is 9.88. The number of unbranched alkanes of at least 4 members (excludes halogenated alkanes) is 14. The molecular formula is C72H92F2O7. The highest BCUT2D eigenvalue weighted by molar-refractivity contribution is 5.92. The molecule has 0 radical (unpaired) electrons. The van der Waals surface area contributed by atoms with Gasteiger partial charge in [-0.2, -0.15) is 0 Å². The third-order valence-electron chi connectivity index (χ3n) is 15.3. The summed E-state index contributed by atoms with van der Waals surface area (Å²) in [4.78, 5) is 26.5. The molecule has 0 heterocycles. The Bertz CT molecular complexity index is 2490. The molecule has 81 heavy (non-hydrogen) atoms. The standard InChI is InChI=1S/C72H92F2O7/c1-5-9-11-13-15-17-19-25-51-78-69-31-23-21-29-65(69)57-33-37-59(38-34-57)71(75)80-61-45-41-55(42-46-61)63(27-7-3)67(73)49-53-77-54-50-68(74)64(28-8-4)56-43-47-62(48-44-56)81-72(76)60-39-35-58(36-40-60)66-30-22-24-32-70(66)79-52-26-20-18-16-14-12-10-6-2/h21-24,29-48,63-64,67-68H,5-20,25-28,49-54H2,1-4H3/t63?,64?,67-,68-/m1/s1. The monoisotopic (exact) mass is 1110 g/mol. The molecule has 0 fully saturated rings. The molecule has 0 saturated heterocycles. The van der Waals surface area contributed by atoms with Crippen LogP contribution in [0.5, 0.6) is 23.0 Å². The molecule has 0 aromatic heterocycles. The van der Waals surface area contributed by atoms with Crippen molar-refractivity contribution in [2.45, 2.75) is 193 Å². The van der Waals surface area contributed by atoms with Crippen LogP contribution in [0.4, 0.5) is 8.78 Å². The van der Waals surface area contributed by atoms with Crippen LogP contribution < -0.4 is 18.9 Å². The Morgan fingerprint density at radius 2 is 0.716 bits per heavy atom. The van der Waals surface area contributed by atoms with Crippen molar-refractivity contribution in [3.8, 4) is 45.3 Å². The normalized spacial score (nSPS) is 12.8. The second-order valence-corrected chi connectivity index (χ2v) is 21.7. The van der Waals surface area contributed by atoms with Gasteiger partial charge in [0.05, 0.1) is 24.3 Å². The summed E-state index contributed by atoms with van der Waals surface area (Å²) in [6.07, 6.45) is 20.8. The van der Waals surface area contributed by atoms with Gasteiger partial charge in [0.1, 0.15) is 35.3 Å². The van der Waals surface area contributed by atoms with Gasteiger partial charge < -0.3 is 23.7 Å².